The third-order valence-electron chi connectivity index (χ3n) is 3.83. The van der Waals surface area contributed by atoms with Crippen LogP contribution in [0.3, 0.4) is 0 Å². The highest BCUT2D eigenvalue weighted by atomic mass is 32.2. The fraction of sp³-hybridized carbons (Fsp3) is 0.0952. The van der Waals surface area contributed by atoms with Gasteiger partial charge in [-0.25, -0.2) is 12.8 Å². The molecule has 3 aromatic carbocycles. The largest absolute Gasteiger partial charge is 0.457 e. The van der Waals surface area contributed by atoms with Gasteiger partial charge in [-0.15, -0.1) is 0 Å². The predicted molar refractivity (Wildman–Crippen MR) is 110 cm³/mol. The van der Waals surface area contributed by atoms with E-state index in [4.69, 9.17) is 4.74 Å². The second kappa shape index (κ2) is 8.74. The summed E-state index contributed by atoms with van der Waals surface area (Å²) < 4.78 is 44.1. The minimum absolute atomic E-state index is 0.000235. The molecule has 0 aliphatic heterocycles. The first-order valence-corrected chi connectivity index (χ1v) is 10.6. The number of anilines is 2. The first-order chi connectivity index (χ1) is 13.8. The second-order valence-electron chi connectivity index (χ2n) is 6.34. The summed E-state index contributed by atoms with van der Waals surface area (Å²) in [6.07, 6.45) is 1.05. The number of ether oxygens (including phenoxy) is 1. The van der Waals surface area contributed by atoms with Crippen LogP contribution < -0.4 is 14.8 Å². The summed E-state index contributed by atoms with van der Waals surface area (Å²) in [5, 5.41) is 2.75. The van der Waals surface area contributed by atoms with E-state index < -0.39 is 15.8 Å². The molecule has 0 unspecified atom stereocenters. The van der Waals surface area contributed by atoms with Gasteiger partial charge >= 0.3 is 0 Å². The summed E-state index contributed by atoms with van der Waals surface area (Å²) in [6.45, 7) is 0. The van der Waals surface area contributed by atoms with Crippen molar-refractivity contribution in [3.63, 3.8) is 0 Å². The highest BCUT2D eigenvalue weighted by Gasteiger charge is 2.11. The maximum absolute atomic E-state index is 13.2. The van der Waals surface area contributed by atoms with Gasteiger partial charge in [0, 0.05) is 11.8 Å². The molecule has 1 amide bonds. The lowest BCUT2D eigenvalue weighted by Gasteiger charge is -2.11. The van der Waals surface area contributed by atoms with Gasteiger partial charge < -0.3 is 10.1 Å². The monoisotopic (exact) mass is 414 g/mol. The van der Waals surface area contributed by atoms with E-state index in [2.05, 4.69) is 10.0 Å². The molecule has 0 aliphatic carbocycles. The normalized spacial score (nSPS) is 11.0. The van der Waals surface area contributed by atoms with Crippen molar-refractivity contribution in [2.24, 2.45) is 0 Å². The lowest BCUT2D eigenvalue weighted by molar-refractivity contribution is -0.115. The molecule has 0 aromatic heterocycles. The molecule has 0 spiro atoms. The van der Waals surface area contributed by atoms with Crippen LogP contribution >= 0.6 is 0 Å². The van der Waals surface area contributed by atoms with Gasteiger partial charge in [0.05, 0.1) is 18.4 Å². The van der Waals surface area contributed by atoms with Crippen molar-refractivity contribution in [2.75, 3.05) is 16.3 Å². The molecular formula is C21H19FN2O4S. The van der Waals surface area contributed by atoms with Gasteiger partial charge in [-0.2, -0.15) is 0 Å². The molecule has 0 aliphatic rings. The Hall–Kier alpha value is -3.39. The number of benzene rings is 3. The van der Waals surface area contributed by atoms with E-state index in [1.807, 2.05) is 0 Å². The number of amides is 1. The van der Waals surface area contributed by atoms with Crippen LogP contribution in [-0.2, 0) is 21.2 Å². The third kappa shape index (κ3) is 6.32. The molecule has 0 saturated carbocycles. The van der Waals surface area contributed by atoms with Crippen molar-refractivity contribution >= 4 is 27.3 Å². The van der Waals surface area contributed by atoms with Gasteiger partial charge in [-0.05, 0) is 48.0 Å². The summed E-state index contributed by atoms with van der Waals surface area (Å²) in [6, 6.07) is 19.1. The first kappa shape index (κ1) is 20.3. The summed E-state index contributed by atoms with van der Waals surface area (Å²) in [5.74, 6) is 0.177. The van der Waals surface area contributed by atoms with Crippen LogP contribution in [0, 0.1) is 5.82 Å². The van der Waals surface area contributed by atoms with Crippen LogP contribution in [0.15, 0.2) is 72.8 Å². The highest BCUT2D eigenvalue weighted by Crippen LogP contribution is 2.24. The molecule has 0 heterocycles. The Bertz CT molecular complexity index is 1120. The van der Waals surface area contributed by atoms with Crippen LogP contribution in [0.25, 0.3) is 0 Å². The fourth-order valence-corrected chi connectivity index (χ4v) is 3.22. The van der Waals surface area contributed by atoms with Crippen molar-refractivity contribution < 1.29 is 22.3 Å². The molecule has 3 aromatic rings. The topological polar surface area (TPSA) is 84.5 Å². The molecule has 29 heavy (non-hydrogen) atoms. The number of hydrogen-bond acceptors (Lipinski definition) is 4. The fourth-order valence-electron chi connectivity index (χ4n) is 2.62. The van der Waals surface area contributed by atoms with Gasteiger partial charge in [0.15, 0.2) is 0 Å². The van der Waals surface area contributed by atoms with E-state index in [0.29, 0.717) is 28.4 Å². The van der Waals surface area contributed by atoms with Crippen LogP contribution in [0.2, 0.25) is 0 Å². The molecule has 0 bridgehead atoms. The smallest absolute Gasteiger partial charge is 0.229 e. The zero-order valence-electron chi connectivity index (χ0n) is 15.6. The SMILES string of the molecule is CS(=O)(=O)Nc1ccccc1CC(=O)Nc1ccc(Oc2cccc(F)c2)cc1. The average molecular weight is 414 g/mol. The van der Waals surface area contributed by atoms with Crippen molar-refractivity contribution in [3.8, 4) is 11.5 Å². The maximum Gasteiger partial charge on any atom is 0.229 e. The predicted octanol–water partition coefficient (Wildman–Crippen LogP) is 4.17. The Morgan fingerprint density at radius 1 is 0.966 bits per heavy atom. The first-order valence-electron chi connectivity index (χ1n) is 8.67. The van der Waals surface area contributed by atoms with E-state index in [-0.39, 0.29) is 12.3 Å². The van der Waals surface area contributed by atoms with E-state index in [1.54, 1.807) is 60.7 Å². The Kier molecular flexibility index (Phi) is 6.13. The van der Waals surface area contributed by atoms with Crippen LogP contribution in [0.4, 0.5) is 15.8 Å². The van der Waals surface area contributed by atoms with Crippen molar-refractivity contribution in [3.05, 3.63) is 84.2 Å². The molecule has 0 fully saturated rings. The van der Waals surface area contributed by atoms with E-state index in [9.17, 15) is 17.6 Å². The Morgan fingerprint density at radius 3 is 2.38 bits per heavy atom. The second-order valence-corrected chi connectivity index (χ2v) is 8.09. The summed E-state index contributed by atoms with van der Waals surface area (Å²) in [5.41, 5.74) is 1.47. The van der Waals surface area contributed by atoms with Gasteiger partial charge in [-0.1, -0.05) is 24.3 Å². The minimum atomic E-state index is -3.45. The molecule has 6 nitrogen and oxygen atoms in total. The Balaban J connectivity index is 1.63. The molecule has 0 saturated heterocycles. The number of nitrogens with one attached hydrogen (secondary N) is 2. The number of rotatable bonds is 7. The number of halogens is 1. The Morgan fingerprint density at radius 2 is 1.69 bits per heavy atom. The summed E-state index contributed by atoms with van der Waals surface area (Å²) >= 11 is 0. The maximum atomic E-state index is 13.2. The van der Waals surface area contributed by atoms with Gasteiger partial charge in [0.1, 0.15) is 17.3 Å². The zero-order chi connectivity index (χ0) is 20.9. The number of carbonyl (C=O) groups is 1. The van der Waals surface area contributed by atoms with E-state index in [0.717, 1.165) is 6.26 Å². The van der Waals surface area contributed by atoms with E-state index in [1.165, 1.54) is 12.1 Å². The molecule has 2 N–H and O–H groups in total. The van der Waals surface area contributed by atoms with E-state index >= 15 is 0 Å². The number of para-hydroxylation sites is 1. The van der Waals surface area contributed by atoms with Crippen LogP contribution in [0.5, 0.6) is 11.5 Å². The summed E-state index contributed by atoms with van der Waals surface area (Å²) in [4.78, 5) is 12.4. The highest BCUT2D eigenvalue weighted by molar-refractivity contribution is 7.92. The number of carbonyl (C=O) groups excluding carboxylic acids is 1. The standard InChI is InChI=1S/C21H19FN2O4S/c1-29(26,27)24-20-8-3-2-5-15(20)13-21(25)23-17-9-11-18(12-10-17)28-19-7-4-6-16(22)14-19/h2-12,14,24H,13H2,1H3,(H,23,25). The average Bonchev–Trinajstić information content (AvgIpc) is 2.64. The summed E-state index contributed by atoms with van der Waals surface area (Å²) in [7, 11) is -3.45. The molecule has 0 atom stereocenters. The molecular weight excluding hydrogens is 395 g/mol. The van der Waals surface area contributed by atoms with Gasteiger partial charge in [0.25, 0.3) is 0 Å². The number of sulfonamides is 1. The van der Waals surface area contributed by atoms with Crippen molar-refractivity contribution in [2.45, 2.75) is 6.42 Å². The molecule has 0 radical (unpaired) electrons. The molecule has 150 valence electrons. The Labute approximate surface area is 168 Å². The van der Waals surface area contributed by atoms with Gasteiger partial charge in [0.2, 0.25) is 15.9 Å². The number of hydrogen-bond donors (Lipinski definition) is 2. The third-order valence-corrected chi connectivity index (χ3v) is 4.42. The zero-order valence-corrected chi connectivity index (χ0v) is 16.4. The lowest BCUT2D eigenvalue weighted by atomic mass is 10.1. The van der Waals surface area contributed by atoms with Crippen LogP contribution in [0.1, 0.15) is 5.56 Å². The minimum Gasteiger partial charge on any atom is -0.457 e. The quantitative estimate of drug-likeness (QED) is 0.608. The molecule has 3 rings (SSSR count). The van der Waals surface area contributed by atoms with Gasteiger partial charge in [-0.3, -0.25) is 9.52 Å². The van der Waals surface area contributed by atoms with Crippen molar-refractivity contribution in [1.82, 2.24) is 0 Å². The van der Waals surface area contributed by atoms with Crippen LogP contribution in [-0.4, -0.2) is 20.6 Å². The lowest BCUT2D eigenvalue weighted by Crippen LogP contribution is -2.17. The molecule has 8 heteroatoms. The van der Waals surface area contributed by atoms with Crippen molar-refractivity contribution in [1.29, 1.82) is 0 Å².